The maximum Gasteiger partial charge on any atom is 0.261 e. The Morgan fingerprint density at radius 2 is 2.19 bits per heavy atom. The average molecular weight is 311 g/mol. The van der Waals surface area contributed by atoms with Crippen molar-refractivity contribution in [3.63, 3.8) is 0 Å². The molecule has 0 radical (unpaired) electrons. The molecule has 2 rings (SSSR count). The molecule has 1 saturated heterocycles. The molecule has 21 heavy (non-hydrogen) atoms. The molecule has 0 aliphatic carbocycles. The van der Waals surface area contributed by atoms with Crippen LogP contribution in [0.4, 0.5) is 4.39 Å². The fourth-order valence-electron chi connectivity index (χ4n) is 2.17. The summed E-state index contributed by atoms with van der Waals surface area (Å²) in [5, 5.41) is 3.16. The molecule has 1 aromatic rings. The van der Waals surface area contributed by atoms with Gasteiger partial charge in [0.15, 0.2) is 0 Å². The number of hydrogen-bond acceptors (Lipinski definition) is 2. The summed E-state index contributed by atoms with van der Waals surface area (Å²) in [5.74, 6) is -1.10. The Morgan fingerprint density at radius 1 is 1.52 bits per heavy atom. The van der Waals surface area contributed by atoms with Crippen LogP contribution in [0.3, 0.4) is 0 Å². The molecule has 1 atom stereocenters. The fraction of sp³-hybridized carbons (Fsp3) is 0.333. The summed E-state index contributed by atoms with van der Waals surface area (Å²) >= 11 is 5.88. The summed E-state index contributed by atoms with van der Waals surface area (Å²) in [6.45, 7) is 4.59. The summed E-state index contributed by atoms with van der Waals surface area (Å²) in [5.41, 5.74) is -1.25. The number of carbonyl (C=O) groups excluding carboxylic acids is 2. The molecule has 1 unspecified atom stereocenters. The Kier molecular flexibility index (Phi) is 4.32. The van der Waals surface area contributed by atoms with Gasteiger partial charge in [-0.1, -0.05) is 30.3 Å². The highest BCUT2D eigenvalue weighted by Gasteiger charge is 2.51. The second-order valence-corrected chi connectivity index (χ2v) is 5.55. The van der Waals surface area contributed by atoms with E-state index in [2.05, 4.69) is 11.9 Å². The van der Waals surface area contributed by atoms with Crippen LogP contribution in [0, 0.1) is 0 Å². The molecular weight excluding hydrogens is 295 g/mol. The summed E-state index contributed by atoms with van der Waals surface area (Å²) in [6.07, 6.45) is 1.10. The number of rotatable bonds is 4. The van der Waals surface area contributed by atoms with Crippen LogP contribution >= 0.6 is 11.6 Å². The molecule has 0 spiro atoms. The zero-order chi connectivity index (χ0) is 15.6. The lowest BCUT2D eigenvalue weighted by molar-refractivity contribution is -0.153. The van der Waals surface area contributed by atoms with Gasteiger partial charge >= 0.3 is 0 Å². The predicted octanol–water partition coefficient (Wildman–Crippen LogP) is 2.25. The van der Waals surface area contributed by atoms with Crippen LogP contribution in [-0.2, 0) is 9.59 Å². The zero-order valence-electron chi connectivity index (χ0n) is 11.6. The van der Waals surface area contributed by atoms with Crippen molar-refractivity contribution < 1.29 is 14.0 Å². The first-order valence-electron chi connectivity index (χ1n) is 6.52. The minimum atomic E-state index is -2.04. The molecule has 1 N–H and O–H groups in total. The number of nitrogens with zero attached hydrogens (tertiary/aromatic N) is 1. The monoisotopic (exact) mass is 310 g/mol. The molecule has 1 fully saturated rings. The van der Waals surface area contributed by atoms with E-state index in [-0.39, 0.29) is 25.0 Å². The van der Waals surface area contributed by atoms with Crippen LogP contribution in [-0.4, -0.2) is 35.5 Å². The Balaban J connectivity index is 1.96. The van der Waals surface area contributed by atoms with Crippen LogP contribution in [0.2, 0.25) is 5.02 Å². The Hall–Kier alpha value is -1.88. The number of likely N-dealkylation sites (tertiary alicyclic amines) is 1. The van der Waals surface area contributed by atoms with Crippen LogP contribution in [0.25, 0.3) is 0 Å². The maximum absolute atomic E-state index is 14.3. The summed E-state index contributed by atoms with van der Waals surface area (Å²) in [4.78, 5) is 24.5. The normalized spacial score (nSPS) is 17.6. The topological polar surface area (TPSA) is 49.4 Å². The molecule has 112 valence electrons. The lowest BCUT2D eigenvalue weighted by Crippen LogP contribution is -2.67. The molecule has 1 aliphatic heterocycles. The third-order valence-electron chi connectivity index (χ3n) is 3.47. The van der Waals surface area contributed by atoms with E-state index in [0.717, 1.165) is 11.6 Å². The van der Waals surface area contributed by atoms with Crippen LogP contribution in [0.15, 0.2) is 36.9 Å². The van der Waals surface area contributed by atoms with Crippen molar-refractivity contribution in [2.75, 3.05) is 13.1 Å². The van der Waals surface area contributed by atoms with E-state index in [1.165, 1.54) is 4.90 Å². The van der Waals surface area contributed by atoms with Crippen molar-refractivity contribution in [2.24, 2.45) is 0 Å². The summed E-state index contributed by atoms with van der Waals surface area (Å²) < 4.78 is 14.3. The molecule has 1 aromatic carbocycles. The van der Waals surface area contributed by atoms with Gasteiger partial charge in [-0.2, -0.15) is 0 Å². The Bertz CT molecular complexity index is 585. The highest BCUT2D eigenvalue weighted by atomic mass is 35.5. The minimum absolute atomic E-state index is 0.244. The summed E-state index contributed by atoms with van der Waals surface area (Å²) in [7, 11) is 0. The largest absolute Gasteiger partial charge is 0.347 e. The SMILES string of the molecule is C=CC(=O)N1CC(F)(C(=O)NC(C)c2cccc(Cl)c2)C1. The lowest BCUT2D eigenvalue weighted by Gasteiger charge is -2.42. The number of alkyl halides is 1. The third kappa shape index (κ3) is 3.24. The van der Waals surface area contributed by atoms with E-state index in [1.54, 1.807) is 31.2 Å². The number of halogens is 2. The molecule has 0 bridgehead atoms. The fourth-order valence-corrected chi connectivity index (χ4v) is 2.37. The van der Waals surface area contributed by atoms with E-state index in [9.17, 15) is 14.0 Å². The molecule has 1 aliphatic rings. The molecule has 0 saturated carbocycles. The van der Waals surface area contributed by atoms with E-state index in [1.807, 2.05) is 0 Å². The smallest absolute Gasteiger partial charge is 0.261 e. The standard InChI is InChI=1S/C15H16ClFN2O2/c1-3-13(20)19-8-15(17,9-19)14(21)18-10(2)11-5-4-6-12(16)7-11/h3-7,10H,1,8-9H2,2H3,(H,18,21). The van der Waals surface area contributed by atoms with Crippen LogP contribution in [0.5, 0.6) is 0 Å². The van der Waals surface area contributed by atoms with Gasteiger partial charge in [0.2, 0.25) is 11.6 Å². The Morgan fingerprint density at radius 3 is 2.76 bits per heavy atom. The lowest BCUT2D eigenvalue weighted by atomic mass is 9.94. The van der Waals surface area contributed by atoms with Gasteiger partial charge in [-0.25, -0.2) is 4.39 Å². The van der Waals surface area contributed by atoms with Gasteiger partial charge in [-0.15, -0.1) is 0 Å². The highest BCUT2D eigenvalue weighted by Crippen LogP contribution is 2.27. The van der Waals surface area contributed by atoms with Crippen molar-refractivity contribution >= 4 is 23.4 Å². The third-order valence-corrected chi connectivity index (χ3v) is 3.71. The highest BCUT2D eigenvalue weighted by molar-refractivity contribution is 6.30. The van der Waals surface area contributed by atoms with Gasteiger partial charge in [-0.05, 0) is 30.7 Å². The molecule has 4 nitrogen and oxygen atoms in total. The number of amides is 2. The van der Waals surface area contributed by atoms with Crippen molar-refractivity contribution in [3.05, 3.63) is 47.5 Å². The number of benzene rings is 1. The number of hydrogen-bond donors (Lipinski definition) is 1. The van der Waals surface area contributed by atoms with Crippen molar-refractivity contribution in [1.29, 1.82) is 0 Å². The first-order valence-corrected chi connectivity index (χ1v) is 6.90. The van der Waals surface area contributed by atoms with Crippen molar-refractivity contribution in [3.8, 4) is 0 Å². The second-order valence-electron chi connectivity index (χ2n) is 5.11. The van der Waals surface area contributed by atoms with E-state index in [0.29, 0.717) is 5.02 Å². The van der Waals surface area contributed by atoms with Gasteiger partial charge in [0.05, 0.1) is 19.1 Å². The summed E-state index contributed by atoms with van der Waals surface area (Å²) in [6, 6.07) is 6.63. The van der Waals surface area contributed by atoms with E-state index >= 15 is 0 Å². The maximum atomic E-state index is 14.3. The average Bonchev–Trinajstić information content (AvgIpc) is 2.42. The van der Waals surface area contributed by atoms with Crippen LogP contribution in [0.1, 0.15) is 18.5 Å². The van der Waals surface area contributed by atoms with Gasteiger partial charge in [0.1, 0.15) is 0 Å². The molecule has 6 heteroatoms. The molecule has 0 aromatic heterocycles. The van der Waals surface area contributed by atoms with E-state index < -0.39 is 11.6 Å². The first kappa shape index (κ1) is 15.5. The second kappa shape index (κ2) is 5.85. The van der Waals surface area contributed by atoms with Gasteiger partial charge in [0.25, 0.3) is 5.91 Å². The van der Waals surface area contributed by atoms with Crippen molar-refractivity contribution in [2.45, 2.75) is 18.6 Å². The first-order chi connectivity index (χ1) is 9.85. The van der Waals surface area contributed by atoms with Gasteiger partial charge in [0, 0.05) is 5.02 Å². The van der Waals surface area contributed by atoms with Crippen LogP contribution < -0.4 is 5.32 Å². The van der Waals surface area contributed by atoms with Gasteiger partial charge < -0.3 is 10.2 Å². The molecule has 2 amide bonds. The van der Waals surface area contributed by atoms with Gasteiger partial charge in [-0.3, -0.25) is 9.59 Å². The quantitative estimate of drug-likeness (QED) is 0.867. The molecule has 1 heterocycles. The Labute approximate surface area is 127 Å². The zero-order valence-corrected chi connectivity index (χ0v) is 12.4. The number of nitrogens with one attached hydrogen (secondary N) is 1. The van der Waals surface area contributed by atoms with E-state index in [4.69, 9.17) is 11.6 Å². The predicted molar refractivity (Wildman–Crippen MR) is 78.6 cm³/mol. The number of carbonyl (C=O) groups is 2. The minimum Gasteiger partial charge on any atom is -0.347 e. The molecular formula is C15H16ClFN2O2. The van der Waals surface area contributed by atoms with Crippen molar-refractivity contribution in [1.82, 2.24) is 10.2 Å².